The summed E-state index contributed by atoms with van der Waals surface area (Å²) in [6, 6.07) is 0. The zero-order valence-corrected chi connectivity index (χ0v) is 14.6. The second-order valence-corrected chi connectivity index (χ2v) is 7.00. The molecule has 6 heteroatoms. The van der Waals surface area contributed by atoms with E-state index in [2.05, 4.69) is 4.74 Å². The van der Waals surface area contributed by atoms with Crippen molar-refractivity contribution in [1.82, 2.24) is 0 Å². The third kappa shape index (κ3) is 6.65. The van der Waals surface area contributed by atoms with E-state index in [0.29, 0.717) is 12.8 Å². The van der Waals surface area contributed by atoms with Crippen molar-refractivity contribution in [2.45, 2.75) is 63.8 Å². The highest BCUT2D eigenvalue weighted by molar-refractivity contribution is 8.04. The van der Waals surface area contributed by atoms with Gasteiger partial charge in [-0.2, -0.15) is 0 Å². The molecule has 130 valence electrons. The molecule has 0 amide bonds. The lowest BCUT2D eigenvalue weighted by Gasteiger charge is -2.24. The topological polar surface area (TPSA) is 61.8 Å². The maximum atomic E-state index is 12.0. The first-order valence-electron chi connectivity index (χ1n) is 8.40. The summed E-state index contributed by atoms with van der Waals surface area (Å²) in [5.74, 6) is 0.910. The number of ketones is 1. The molecule has 2 aliphatic rings. The number of thioether (sulfide) groups is 1. The Morgan fingerprint density at radius 3 is 2.96 bits per heavy atom. The minimum atomic E-state index is -0.156. The summed E-state index contributed by atoms with van der Waals surface area (Å²) < 4.78 is 16.0. The van der Waals surface area contributed by atoms with E-state index in [0.717, 1.165) is 55.8 Å². The molecule has 1 heterocycles. The van der Waals surface area contributed by atoms with Gasteiger partial charge in [0.25, 0.3) is 0 Å². The van der Waals surface area contributed by atoms with E-state index in [9.17, 15) is 9.59 Å². The van der Waals surface area contributed by atoms with Gasteiger partial charge in [0, 0.05) is 24.4 Å². The van der Waals surface area contributed by atoms with E-state index < -0.39 is 0 Å². The quantitative estimate of drug-likeness (QED) is 0.473. The van der Waals surface area contributed by atoms with Gasteiger partial charge in [-0.3, -0.25) is 9.59 Å². The first kappa shape index (κ1) is 18.5. The van der Waals surface area contributed by atoms with Gasteiger partial charge in [0.15, 0.2) is 12.1 Å². The number of ether oxygens (including phenoxy) is 3. The molecule has 0 N–H and O–H groups in total. The summed E-state index contributed by atoms with van der Waals surface area (Å²) >= 11 is 1.60. The Kier molecular flexibility index (Phi) is 8.12. The molecule has 0 radical (unpaired) electrons. The Bertz CT molecular complexity index is 429. The summed E-state index contributed by atoms with van der Waals surface area (Å²) in [6.45, 7) is 0.752. The third-order valence-corrected chi connectivity index (χ3v) is 5.14. The predicted molar refractivity (Wildman–Crippen MR) is 89.1 cm³/mol. The Labute approximate surface area is 142 Å². The standard InChI is InChI=1S/C17H26O5S/c1-20-16(19)7-3-2-6-10-23-15-12-13(11-14(15)18)22-17-8-4-5-9-21-17/h12-13,17H,2-11H2,1H3. The molecule has 5 nitrogen and oxygen atoms in total. The number of esters is 1. The van der Waals surface area contributed by atoms with Crippen LogP contribution in [0.5, 0.6) is 0 Å². The van der Waals surface area contributed by atoms with Gasteiger partial charge in [-0.25, -0.2) is 0 Å². The average molecular weight is 342 g/mol. The lowest BCUT2D eigenvalue weighted by molar-refractivity contribution is -0.178. The fraction of sp³-hybridized carbons (Fsp3) is 0.765. The Hall–Kier alpha value is -0.850. The van der Waals surface area contributed by atoms with Crippen molar-refractivity contribution in [1.29, 1.82) is 0 Å². The van der Waals surface area contributed by atoms with Crippen LogP contribution in [0, 0.1) is 0 Å². The minimum Gasteiger partial charge on any atom is -0.469 e. The van der Waals surface area contributed by atoms with Gasteiger partial charge in [0.1, 0.15) is 0 Å². The van der Waals surface area contributed by atoms with Crippen LogP contribution in [-0.4, -0.2) is 43.6 Å². The number of hydrogen-bond acceptors (Lipinski definition) is 6. The summed E-state index contributed by atoms with van der Waals surface area (Å²) in [5.41, 5.74) is 0. The van der Waals surface area contributed by atoms with Crippen LogP contribution in [-0.2, 0) is 23.8 Å². The molecule has 0 bridgehead atoms. The number of carbonyl (C=O) groups is 2. The van der Waals surface area contributed by atoms with Crippen LogP contribution in [0.3, 0.4) is 0 Å². The first-order chi connectivity index (χ1) is 11.2. The van der Waals surface area contributed by atoms with Gasteiger partial charge in [0.05, 0.1) is 13.2 Å². The van der Waals surface area contributed by atoms with Crippen molar-refractivity contribution in [2.24, 2.45) is 0 Å². The SMILES string of the molecule is COC(=O)CCCCCSC1=CC(OC2CCCCO2)CC1=O. The summed E-state index contributed by atoms with van der Waals surface area (Å²) in [5, 5.41) is 0. The highest BCUT2D eigenvalue weighted by atomic mass is 32.2. The van der Waals surface area contributed by atoms with Crippen molar-refractivity contribution >= 4 is 23.5 Å². The molecule has 0 aromatic carbocycles. The number of Topliss-reactive ketones (excluding diaryl/α,β-unsaturated/α-hetero) is 1. The molecule has 0 spiro atoms. The molecule has 2 unspecified atom stereocenters. The second kappa shape index (κ2) is 10.1. The highest BCUT2D eigenvalue weighted by Crippen LogP contribution is 2.30. The van der Waals surface area contributed by atoms with Gasteiger partial charge >= 0.3 is 5.97 Å². The van der Waals surface area contributed by atoms with E-state index in [1.165, 1.54) is 7.11 Å². The van der Waals surface area contributed by atoms with Crippen molar-refractivity contribution in [3.63, 3.8) is 0 Å². The molecular formula is C17H26O5S. The third-order valence-electron chi connectivity index (χ3n) is 3.97. The molecule has 1 aliphatic heterocycles. The van der Waals surface area contributed by atoms with Crippen LogP contribution in [0.2, 0.25) is 0 Å². The zero-order chi connectivity index (χ0) is 16.5. The van der Waals surface area contributed by atoms with Crippen LogP contribution < -0.4 is 0 Å². The summed E-state index contributed by atoms with van der Waals surface area (Å²) in [7, 11) is 1.41. The van der Waals surface area contributed by atoms with Crippen LogP contribution in [0.15, 0.2) is 11.0 Å². The average Bonchev–Trinajstić information content (AvgIpc) is 2.91. The van der Waals surface area contributed by atoms with Gasteiger partial charge < -0.3 is 14.2 Å². The van der Waals surface area contributed by atoms with E-state index in [-0.39, 0.29) is 24.1 Å². The second-order valence-electron chi connectivity index (χ2n) is 5.86. The molecule has 0 saturated carbocycles. The van der Waals surface area contributed by atoms with E-state index in [4.69, 9.17) is 9.47 Å². The number of carbonyl (C=O) groups excluding carboxylic acids is 2. The van der Waals surface area contributed by atoms with Crippen molar-refractivity contribution in [3.8, 4) is 0 Å². The number of hydrogen-bond donors (Lipinski definition) is 0. The van der Waals surface area contributed by atoms with Gasteiger partial charge in [-0.05, 0) is 43.9 Å². The largest absolute Gasteiger partial charge is 0.469 e. The van der Waals surface area contributed by atoms with Crippen molar-refractivity contribution in [3.05, 3.63) is 11.0 Å². The minimum absolute atomic E-state index is 0.132. The molecule has 2 rings (SSSR count). The normalized spacial score (nSPS) is 24.6. The maximum Gasteiger partial charge on any atom is 0.305 e. The van der Waals surface area contributed by atoms with Crippen molar-refractivity contribution < 1.29 is 23.8 Å². The number of unbranched alkanes of at least 4 members (excludes halogenated alkanes) is 2. The molecule has 1 fully saturated rings. The lowest BCUT2D eigenvalue weighted by Crippen LogP contribution is -2.26. The molecule has 0 aromatic heterocycles. The number of methoxy groups -OCH3 is 1. The summed E-state index contributed by atoms with van der Waals surface area (Å²) in [4.78, 5) is 23.8. The smallest absolute Gasteiger partial charge is 0.305 e. The van der Waals surface area contributed by atoms with Crippen LogP contribution >= 0.6 is 11.8 Å². The molecule has 1 aliphatic carbocycles. The number of allylic oxidation sites excluding steroid dienone is 1. The van der Waals surface area contributed by atoms with Gasteiger partial charge in [0.2, 0.25) is 0 Å². The Morgan fingerprint density at radius 2 is 2.22 bits per heavy atom. The first-order valence-corrected chi connectivity index (χ1v) is 9.39. The highest BCUT2D eigenvalue weighted by Gasteiger charge is 2.28. The fourth-order valence-corrected chi connectivity index (χ4v) is 3.73. The van der Waals surface area contributed by atoms with E-state index in [1.807, 2.05) is 6.08 Å². The molecule has 23 heavy (non-hydrogen) atoms. The molecule has 2 atom stereocenters. The van der Waals surface area contributed by atoms with Crippen molar-refractivity contribution in [2.75, 3.05) is 19.5 Å². The summed E-state index contributed by atoms with van der Waals surface area (Å²) in [6.07, 6.45) is 8.51. The van der Waals surface area contributed by atoms with Gasteiger partial charge in [-0.15, -0.1) is 11.8 Å². The molecule has 1 saturated heterocycles. The van der Waals surface area contributed by atoms with Crippen LogP contribution in [0.1, 0.15) is 51.4 Å². The van der Waals surface area contributed by atoms with Crippen LogP contribution in [0.25, 0.3) is 0 Å². The van der Waals surface area contributed by atoms with E-state index in [1.54, 1.807) is 11.8 Å². The Balaban J connectivity index is 1.61. The Morgan fingerprint density at radius 1 is 1.35 bits per heavy atom. The predicted octanol–water partition coefficient (Wildman–Crippen LogP) is 3.22. The maximum absolute atomic E-state index is 12.0. The lowest BCUT2D eigenvalue weighted by atomic mass is 10.2. The van der Waals surface area contributed by atoms with Crippen LogP contribution in [0.4, 0.5) is 0 Å². The molecular weight excluding hydrogens is 316 g/mol. The fourth-order valence-electron chi connectivity index (χ4n) is 2.67. The van der Waals surface area contributed by atoms with E-state index >= 15 is 0 Å². The number of rotatable bonds is 9. The monoisotopic (exact) mass is 342 g/mol. The zero-order valence-electron chi connectivity index (χ0n) is 13.8. The van der Waals surface area contributed by atoms with Gasteiger partial charge in [-0.1, -0.05) is 6.42 Å². The molecule has 0 aromatic rings.